The van der Waals surface area contributed by atoms with Gasteiger partial charge >= 0.3 is 0 Å². The lowest BCUT2D eigenvalue weighted by molar-refractivity contribution is -0.118. The van der Waals surface area contributed by atoms with Crippen molar-refractivity contribution in [1.29, 1.82) is 0 Å². The van der Waals surface area contributed by atoms with Crippen LogP contribution in [0.2, 0.25) is 0 Å². The maximum Gasteiger partial charge on any atom is 0.262 e. The van der Waals surface area contributed by atoms with Gasteiger partial charge in [0.15, 0.2) is 12.4 Å². The normalized spacial score (nSPS) is 10.0. The van der Waals surface area contributed by atoms with Gasteiger partial charge < -0.3 is 14.8 Å². The Balaban J connectivity index is 2.03. The highest BCUT2D eigenvalue weighted by molar-refractivity contribution is 5.97. The number of methoxy groups -OCH3 is 1. The standard InChI is InChI=1S/C18H19NO4/c1-12-4-6-14(7-5-12)19-18(21)11-23-17-10-15(22-3)8-9-16(17)13(2)20/h4-10H,11H2,1-3H3,(H,19,21). The molecular formula is C18H19NO4. The van der Waals surface area contributed by atoms with Gasteiger partial charge in [0, 0.05) is 11.8 Å². The molecular weight excluding hydrogens is 294 g/mol. The Kier molecular flexibility index (Phi) is 5.36. The highest BCUT2D eigenvalue weighted by Gasteiger charge is 2.12. The van der Waals surface area contributed by atoms with E-state index in [4.69, 9.17) is 9.47 Å². The summed E-state index contributed by atoms with van der Waals surface area (Å²) in [5.41, 5.74) is 2.22. The van der Waals surface area contributed by atoms with Gasteiger partial charge in [0.1, 0.15) is 11.5 Å². The van der Waals surface area contributed by atoms with Crippen molar-refractivity contribution in [3.8, 4) is 11.5 Å². The summed E-state index contributed by atoms with van der Waals surface area (Å²) < 4.78 is 10.6. The van der Waals surface area contributed by atoms with E-state index < -0.39 is 0 Å². The second kappa shape index (κ2) is 7.45. The molecule has 2 rings (SSSR count). The first-order chi connectivity index (χ1) is 11.0. The Morgan fingerprint density at radius 2 is 1.78 bits per heavy atom. The van der Waals surface area contributed by atoms with Gasteiger partial charge in [0.25, 0.3) is 5.91 Å². The van der Waals surface area contributed by atoms with E-state index in [0.717, 1.165) is 5.56 Å². The lowest BCUT2D eigenvalue weighted by Gasteiger charge is -2.11. The number of benzene rings is 2. The van der Waals surface area contributed by atoms with Crippen molar-refractivity contribution < 1.29 is 19.1 Å². The molecule has 1 amide bonds. The van der Waals surface area contributed by atoms with Crippen molar-refractivity contribution >= 4 is 17.4 Å². The van der Waals surface area contributed by atoms with Crippen LogP contribution in [0, 0.1) is 6.92 Å². The fourth-order valence-corrected chi connectivity index (χ4v) is 2.02. The number of rotatable bonds is 6. The number of ether oxygens (including phenoxy) is 2. The maximum absolute atomic E-state index is 12.0. The van der Waals surface area contributed by atoms with Crippen molar-refractivity contribution in [3.63, 3.8) is 0 Å². The highest BCUT2D eigenvalue weighted by atomic mass is 16.5. The number of amides is 1. The second-order valence-corrected chi connectivity index (χ2v) is 5.12. The molecule has 0 aromatic heterocycles. The van der Waals surface area contributed by atoms with Crippen LogP contribution in [0.4, 0.5) is 5.69 Å². The van der Waals surface area contributed by atoms with Gasteiger partial charge in [-0.15, -0.1) is 0 Å². The molecule has 0 aliphatic heterocycles. The minimum absolute atomic E-state index is 0.137. The molecule has 0 saturated heterocycles. The summed E-state index contributed by atoms with van der Waals surface area (Å²) in [6.07, 6.45) is 0. The predicted octanol–water partition coefficient (Wildman–Crippen LogP) is 3.22. The predicted molar refractivity (Wildman–Crippen MR) is 88.3 cm³/mol. The van der Waals surface area contributed by atoms with E-state index in [1.54, 1.807) is 18.2 Å². The largest absolute Gasteiger partial charge is 0.497 e. The van der Waals surface area contributed by atoms with E-state index in [-0.39, 0.29) is 18.3 Å². The summed E-state index contributed by atoms with van der Waals surface area (Å²) >= 11 is 0. The molecule has 0 heterocycles. The topological polar surface area (TPSA) is 64.6 Å². The van der Waals surface area contributed by atoms with Crippen LogP contribution in [0.15, 0.2) is 42.5 Å². The van der Waals surface area contributed by atoms with Gasteiger partial charge in [-0.25, -0.2) is 0 Å². The van der Waals surface area contributed by atoms with E-state index in [9.17, 15) is 9.59 Å². The first-order valence-corrected chi connectivity index (χ1v) is 7.18. The summed E-state index contributed by atoms with van der Waals surface area (Å²) in [6.45, 7) is 3.23. The number of carbonyl (C=O) groups is 2. The number of nitrogens with one attached hydrogen (secondary N) is 1. The van der Waals surface area contributed by atoms with Crippen molar-refractivity contribution in [2.45, 2.75) is 13.8 Å². The van der Waals surface area contributed by atoms with Gasteiger partial charge in [0.2, 0.25) is 0 Å². The lowest BCUT2D eigenvalue weighted by Crippen LogP contribution is -2.20. The number of hydrogen-bond acceptors (Lipinski definition) is 4. The van der Waals surface area contributed by atoms with Crippen LogP contribution < -0.4 is 14.8 Å². The molecule has 0 spiro atoms. The monoisotopic (exact) mass is 313 g/mol. The van der Waals surface area contributed by atoms with Crippen LogP contribution in [0.1, 0.15) is 22.8 Å². The minimum Gasteiger partial charge on any atom is -0.497 e. The molecule has 0 fully saturated rings. The molecule has 5 nitrogen and oxygen atoms in total. The molecule has 0 aliphatic rings. The Morgan fingerprint density at radius 3 is 2.39 bits per heavy atom. The fourth-order valence-electron chi connectivity index (χ4n) is 2.02. The zero-order valence-electron chi connectivity index (χ0n) is 13.4. The Morgan fingerprint density at radius 1 is 1.09 bits per heavy atom. The molecule has 120 valence electrons. The molecule has 23 heavy (non-hydrogen) atoms. The van der Waals surface area contributed by atoms with Crippen molar-refractivity contribution in [2.24, 2.45) is 0 Å². The quantitative estimate of drug-likeness (QED) is 0.832. The Bertz CT molecular complexity index is 707. The second-order valence-electron chi connectivity index (χ2n) is 5.12. The van der Waals surface area contributed by atoms with E-state index >= 15 is 0 Å². The van der Waals surface area contributed by atoms with Gasteiger partial charge in [-0.3, -0.25) is 9.59 Å². The Labute approximate surface area is 135 Å². The molecule has 2 aromatic carbocycles. The third kappa shape index (κ3) is 4.57. The molecule has 0 radical (unpaired) electrons. The molecule has 0 bridgehead atoms. The van der Waals surface area contributed by atoms with Gasteiger partial charge in [-0.2, -0.15) is 0 Å². The van der Waals surface area contributed by atoms with Gasteiger partial charge in [-0.05, 0) is 38.1 Å². The summed E-state index contributed by atoms with van der Waals surface area (Å²) in [6, 6.07) is 12.3. The number of hydrogen-bond donors (Lipinski definition) is 1. The molecule has 5 heteroatoms. The number of aryl methyl sites for hydroxylation is 1. The molecule has 0 unspecified atom stereocenters. The number of ketones is 1. The minimum atomic E-state index is -0.300. The SMILES string of the molecule is COc1ccc(C(C)=O)c(OCC(=O)Nc2ccc(C)cc2)c1. The molecule has 0 saturated carbocycles. The smallest absolute Gasteiger partial charge is 0.262 e. The fraction of sp³-hybridized carbons (Fsp3) is 0.222. The van der Waals surface area contributed by atoms with Gasteiger partial charge in [-0.1, -0.05) is 17.7 Å². The van der Waals surface area contributed by atoms with Crippen LogP contribution in [-0.4, -0.2) is 25.4 Å². The average molecular weight is 313 g/mol. The first kappa shape index (κ1) is 16.5. The van der Waals surface area contributed by atoms with Crippen LogP contribution >= 0.6 is 0 Å². The summed E-state index contributed by atoms with van der Waals surface area (Å²) in [5.74, 6) is 0.451. The van der Waals surface area contributed by atoms with E-state index in [1.807, 2.05) is 31.2 Å². The van der Waals surface area contributed by atoms with Gasteiger partial charge in [0.05, 0.1) is 12.7 Å². The molecule has 0 atom stereocenters. The lowest BCUT2D eigenvalue weighted by atomic mass is 10.1. The van der Waals surface area contributed by atoms with Crippen LogP contribution in [0.5, 0.6) is 11.5 Å². The molecule has 2 aromatic rings. The van der Waals surface area contributed by atoms with Crippen LogP contribution in [0.25, 0.3) is 0 Å². The average Bonchev–Trinajstić information content (AvgIpc) is 2.54. The van der Waals surface area contributed by atoms with E-state index in [0.29, 0.717) is 22.7 Å². The van der Waals surface area contributed by atoms with Crippen LogP contribution in [0.3, 0.4) is 0 Å². The van der Waals surface area contributed by atoms with Crippen LogP contribution in [-0.2, 0) is 4.79 Å². The maximum atomic E-state index is 12.0. The van der Waals surface area contributed by atoms with E-state index in [1.165, 1.54) is 14.0 Å². The summed E-state index contributed by atoms with van der Waals surface area (Å²) in [4.78, 5) is 23.6. The third-order valence-corrected chi connectivity index (χ3v) is 3.26. The summed E-state index contributed by atoms with van der Waals surface area (Å²) in [7, 11) is 1.52. The van der Waals surface area contributed by atoms with E-state index in [2.05, 4.69) is 5.32 Å². The molecule has 1 N–H and O–H groups in total. The zero-order chi connectivity index (χ0) is 16.8. The summed E-state index contributed by atoms with van der Waals surface area (Å²) in [5, 5.41) is 2.74. The Hall–Kier alpha value is -2.82. The number of carbonyl (C=O) groups excluding carboxylic acids is 2. The highest BCUT2D eigenvalue weighted by Crippen LogP contribution is 2.25. The third-order valence-electron chi connectivity index (χ3n) is 3.26. The molecule has 0 aliphatic carbocycles. The van der Waals surface area contributed by atoms with Crippen molar-refractivity contribution in [2.75, 3.05) is 19.0 Å². The number of anilines is 1. The van der Waals surface area contributed by atoms with Crippen molar-refractivity contribution in [1.82, 2.24) is 0 Å². The zero-order valence-corrected chi connectivity index (χ0v) is 13.4. The van der Waals surface area contributed by atoms with Crippen molar-refractivity contribution in [3.05, 3.63) is 53.6 Å². The number of Topliss-reactive ketones (excluding diaryl/α,β-unsaturated/α-hetero) is 1. The first-order valence-electron chi connectivity index (χ1n) is 7.18.